The molecule has 4 rings (SSSR count). The Bertz CT molecular complexity index is 940. The van der Waals surface area contributed by atoms with Crippen molar-refractivity contribution in [3.63, 3.8) is 0 Å². The first-order chi connectivity index (χ1) is 14.5. The Morgan fingerprint density at radius 3 is 2.37 bits per heavy atom. The number of ether oxygens (including phenoxy) is 1. The lowest BCUT2D eigenvalue weighted by Gasteiger charge is -2.37. The SMILES string of the molecule is COc1ccccc1N1CCN(C(=O)C2CC(=O)N(c3cc(F)cc(F)c3)C2)CC1. The number of amides is 2. The molecule has 0 spiro atoms. The van der Waals surface area contributed by atoms with E-state index in [1.54, 1.807) is 12.0 Å². The van der Waals surface area contributed by atoms with Crippen LogP contribution in [-0.2, 0) is 9.59 Å². The Morgan fingerprint density at radius 2 is 1.70 bits per heavy atom. The lowest BCUT2D eigenvalue weighted by atomic mass is 10.1. The third kappa shape index (κ3) is 3.94. The van der Waals surface area contributed by atoms with Gasteiger partial charge < -0.3 is 19.4 Å². The molecule has 1 atom stereocenters. The highest BCUT2D eigenvalue weighted by atomic mass is 19.1. The third-order valence-electron chi connectivity index (χ3n) is 5.65. The first kappa shape index (κ1) is 20.1. The molecule has 2 saturated heterocycles. The van der Waals surface area contributed by atoms with Gasteiger partial charge in [-0.3, -0.25) is 9.59 Å². The van der Waals surface area contributed by atoms with Gasteiger partial charge in [-0.25, -0.2) is 8.78 Å². The number of piperazine rings is 1. The Morgan fingerprint density at radius 1 is 1.03 bits per heavy atom. The molecule has 0 bridgehead atoms. The number of anilines is 2. The zero-order valence-corrected chi connectivity index (χ0v) is 16.7. The van der Waals surface area contributed by atoms with Gasteiger partial charge in [0.2, 0.25) is 11.8 Å². The fraction of sp³-hybridized carbons (Fsp3) is 0.364. The summed E-state index contributed by atoms with van der Waals surface area (Å²) in [5.41, 5.74) is 1.14. The van der Waals surface area contributed by atoms with Crippen molar-refractivity contribution in [1.29, 1.82) is 0 Å². The van der Waals surface area contributed by atoms with Gasteiger partial charge in [0.25, 0.3) is 0 Å². The summed E-state index contributed by atoms with van der Waals surface area (Å²) in [6.45, 7) is 2.52. The monoisotopic (exact) mass is 415 g/mol. The Kier molecular flexibility index (Phi) is 5.57. The zero-order valence-electron chi connectivity index (χ0n) is 16.7. The molecule has 2 fully saturated rings. The van der Waals surface area contributed by atoms with E-state index in [0.29, 0.717) is 26.2 Å². The molecule has 30 heavy (non-hydrogen) atoms. The van der Waals surface area contributed by atoms with Gasteiger partial charge in [0.1, 0.15) is 17.4 Å². The molecule has 158 valence electrons. The molecule has 2 aromatic rings. The van der Waals surface area contributed by atoms with Gasteiger partial charge in [-0.05, 0) is 24.3 Å². The van der Waals surface area contributed by atoms with E-state index in [0.717, 1.165) is 29.6 Å². The minimum Gasteiger partial charge on any atom is -0.495 e. The number of carbonyl (C=O) groups is 2. The summed E-state index contributed by atoms with van der Waals surface area (Å²) in [6, 6.07) is 10.7. The highest BCUT2D eigenvalue weighted by molar-refractivity contribution is 6.00. The smallest absolute Gasteiger partial charge is 0.228 e. The Hall–Kier alpha value is -3.16. The van der Waals surface area contributed by atoms with Gasteiger partial charge in [-0.15, -0.1) is 0 Å². The third-order valence-corrected chi connectivity index (χ3v) is 5.65. The first-order valence-electron chi connectivity index (χ1n) is 9.89. The highest BCUT2D eigenvalue weighted by Crippen LogP contribution is 2.30. The summed E-state index contributed by atoms with van der Waals surface area (Å²) < 4.78 is 32.5. The van der Waals surface area contributed by atoms with E-state index in [1.165, 1.54) is 4.90 Å². The largest absolute Gasteiger partial charge is 0.495 e. The number of methoxy groups -OCH3 is 1. The van der Waals surface area contributed by atoms with Gasteiger partial charge in [-0.2, -0.15) is 0 Å². The quantitative estimate of drug-likeness (QED) is 0.771. The molecule has 0 saturated carbocycles. The molecular weight excluding hydrogens is 392 g/mol. The maximum atomic E-state index is 13.5. The lowest BCUT2D eigenvalue weighted by Crippen LogP contribution is -2.50. The number of rotatable bonds is 4. The van der Waals surface area contributed by atoms with Crippen LogP contribution in [0.15, 0.2) is 42.5 Å². The second kappa shape index (κ2) is 8.30. The summed E-state index contributed by atoms with van der Waals surface area (Å²) in [7, 11) is 1.63. The molecule has 8 heteroatoms. The second-order valence-corrected chi connectivity index (χ2v) is 7.52. The molecule has 6 nitrogen and oxygen atoms in total. The van der Waals surface area contributed by atoms with Crippen LogP contribution in [0.3, 0.4) is 0 Å². The molecule has 0 aromatic heterocycles. The van der Waals surface area contributed by atoms with Crippen LogP contribution in [0.5, 0.6) is 5.75 Å². The van der Waals surface area contributed by atoms with E-state index in [4.69, 9.17) is 4.74 Å². The number of hydrogen-bond acceptors (Lipinski definition) is 4. The van der Waals surface area contributed by atoms with Crippen LogP contribution in [0.1, 0.15) is 6.42 Å². The first-order valence-corrected chi connectivity index (χ1v) is 9.89. The maximum absolute atomic E-state index is 13.5. The van der Waals surface area contributed by atoms with E-state index < -0.39 is 17.6 Å². The van der Waals surface area contributed by atoms with Crippen molar-refractivity contribution in [2.45, 2.75) is 6.42 Å². The molecule has 1 unspecified atom stereocenters. The highest BCUT2D eigenvalue weighted by Gasteiger charge is 2.38. The van der Waals surface area contributed by atoms with Gasteiger partial charge >= 0.3 is 0 Å². The Labute approximate surface area is 173 Å². The molecule has 2 aromatic carbocycles. The molecule has 0 aliphatic carbocycles. The summed E-state index contributed by atoms with van der Waals surface area (Å²) >= 11 is 0. The van der Waals surface area contributed by atoms with E-state index >= 15 is 0 Å². The van der Waals surface area contributed by atoms with Crippen LogP contribution in [0.2, 0.25) is 0 Å². The van der Waals surface area contributed by atoms with E-state index in [1.807, 2.05) is 24.3 Å². The second-order valence-electron chi connectivity index (χ2n) is 7.52. The van der Waals surface area contributed by atoms with Crippen molar-refractivity contribution in [2.24, 2.45) is 5.92 Å². The van der Waals surface area contributed by atoms with E-state index in [-0.39, 0.29) is 30.5 Å². The summed E-state index contributed by atoms with van der Waals surface area (Å²) in [6.07, 6.45) is 0.0453. The number of nitrogens with zero attached hydrogens (tertiary/aromatic N) is 3. The molecule has 2 aliphatic rings. The topological polar surface area (TPSA) is 53.1 Å². The molecular formula is C22H23F2N3O3. The number of para-hydroxylation sites is 2. The molecule has 2 amide bonds. The van der Waals surface area contributed by atoms with Crippen molar-refractivity contribution in [1.82, 2.24) is 4.90 Å². The summed E-state index contributed by atoms with van der Waals surface area (Å²) in [4.78, 5) is 30.6. The van der Waals surface area contributed by atoms with E-state index in [2.05, 4.69) is 4.90 Å². The standard InChI is InChI=1S/C22H23F2N3O3/c1-30-20-5-3-2-4-19(20)25-6-8-26(9-7-25)22(29)15-10-21(28)27(14-15)18-12-16(23)11-17(24)13-18/h2-5,11-13,15H,6-10,14H2,1H3. The average molecular weight is 415 g/mol. The summed E-state index contributed by atoms with van der Waals surface area (Å²) in [5, 5.41) is 0. The fourth-order valence-corrected chi connectivity index (χ4v) is 4.13. The van der Waals surface area contributed by atoms with Crippen molar-refractivity contribution in [3.8, 4) is 5.75 Å². The predicted molar refractivity (Wildman–Crippen MR) is 109 cm³/mol. The summed E-state index contributed by atoms with van der Waals surface area (Å²) in [5.74, 6) is -1.62. The molecule has 0 radical (unpaired) electrons. The van der Waals surface area contributed by atoms with Crippen LogP contribution in [-0.4, -0.2) is 56.5 Å². The predicted octanol–water partition coefficient (Wildman–Crippen LogP) is 2.68. The number of halogens is 2. The normalized spacial score (nSPS) is 19.4. The molecule has 2 heterocycles. The van der Waals surface area contributed by atoms with Gasteiger partial charge in [0.05, 0.1) is 18.7 Å². The van der Waals surface area contributed by atoms with Crippen molar-refractivity contribution in [2.75, 3.05) is 49.6 Å². The van der Waals surface area contributed by atoms with Crippen LogP contribution in [0.25, 0.3) is 0 Å². The van der Waals surface area contributed by atoms with Crippen LogP contribution in [0, 0.1) is 17.6 Å². The zero-order chi connectivity index (χ0) is 21.3. The Balaban J connectivity index is 1.39. The van der Waals surface area contributed by atoms with Gasteiger partial charge in [0.15, 0.2) is 0 Å². The fourth-order valence-electron chi connectivity index (χ4n) is 4.13. The minimum atomic E-state index is -0.750. The van der Waals surface area contributed by atoms with Crippen LogP contribution < -0.4 is 14.5 Å². The van der Waals surface area contributed by atoms with Crippen molar-refractivity contribution in [3.05, 3.63) is 54.1 Å². The van der Waals surface area contributed by atoms with Crippen LogP contribution in [0.4, 0.5) is 20.2 Å². The van der Waals surface area contributed by atoms with Gasteiger partial charge in [0, 0.05) is 50.9 Å². The number of carbonyl (C=O) groups excluding carboxylic acids is 2. The number of benzene rings is 2. The van der Waals surface area contributed by atoms with Crippen molar-refractivity contribution < 1.29 is 23.1 Å². The minimum absolute atomic E-state index is 0.0453. The van der Waals surface area contributed by atoms with Crippen molar-refractivity contribution >= 4 is 23.2 Å². The van der Waals surface area contributed by atoms with E-state index in [9.17, 15) is 18.4 Å². The van der Waals surface area contributed by atoms with Gasteiger partial charge in [-0.1, -0.05) is 12.1 Å². The maximum Gasteiger partial charge on any atom is 0.228 e. The number of hydrogen-bond donors (Lipinski definition) is 0. The molecule has 2 aliphatic heterocycles. The average Bonchev–Trinajstić information content (AvgIpc) is 3.14. The molecule has 0 N–H and O–H groups in total. The lowest BCUT2D eigenvalue weighted by molar-refractivity contribution is -0.136. The van der Waals surface area contributed by atoms with Crippen LogP contribution >= 0.6 is 0 Å².